The quantitative estimate of drug-likeness (QED) is 0.114. The van der Waals surface area contributed by atoms with Crippen LogP contribution in [-0.2, 0) is 30.4 Å². The largest absolute Gasteiger partial charge is 0.481 e. The maximum Gasteiger partial charge on any atom is 0.326 e. The van der Waals surface area contributed by atoms with E-state index in [1.54, 1.807) is 30.3 Å². The van der Waals surface area contributed by atoms with E-state index in [9.17, 15) is 34.2 Å². The molecule has 0 saturated carbocycles. The molecule has 1 aromatic rings. The number of amides is 3. The van der Waals surface area contributed by atoms with Gasteiger partial charge in [0.05, 0.1) is 13.0 Å². The molecular weight excluding hydrogens is 462 g/mol. The van der Waals surface area contributed by atoms with Gasteiger partial charge in [0.1, 0.15) is 24.2 Å². The summed E-state index contributed by atoms with van der Waals surface area (Å²) in [5.41, 5.74) is 11.6. The van der Waals surface area contributed by atoms with Crippen LogP contribution in [0.3, 0.4) is 0 Å². The second-order valence-electron chi connectivity index (χ2n) is 7.88. The number of hydrogen-bond acceptors (Lipinski definition) is 8. The van der Waals surface area contributed by atoms with Crippen LogP contribution in [0, 0.1) is 0 Å². The zero-order valence-corrected chi connectivity index (χ0v) is 19.2. The fourth-order valence-electron chi connectivity index (χ4n) is 3.10. The smallest absolute Gasteiger partial charge is 0.326 e. The Kier molecular flexibility index (Phi) is 12.9. The van der Waals surface area contributed by atoms with Gasteiger partial charge in [-0.1, -0.05) is 30.3 Å². The molecule has 194 valence electrons. The first-order chi connectivity index (χ1) is 16.6. The second-order valence-corrected chi connectivity index (χ2v) is 7.88. The number of aliphatic hydroxyl groups is 1. The van der Waals surface area contributed by atoms with Crippen LogP contribution in [0.4, 0.5) is 0 Å². The lowest BCUT2D eigenvalue weighted by atomic mass is 10.0. The summed E-state index contributed by atoms with van der Waals surface area (Å²) in [6.45, 7) is -0.328. The summed E-state index contributed by atoms with van der Waals surface area (Å²) in [6, 6.07) is 3.03. The summed E-state index contributed by atoms with van der Waals surface area (Å²) in [7, 11) is 0. The van der Waals surface area contributed by atoms with E-state index in [1.807, 2.05) is 0 Å². The van der Waals surface area contributed by atoms with Gasteiger partial charge in [-0.15, -0.1) is 0 Å². The number of benzene rings is 1. The van der Waals surface area contributed by atoms with Gasteiger partial charge >= 0.3 is 11.9 Å². The van der Waals surface area contributed by atoms with Crippen LogP contribution in [0.1, 0.15) is 31.2 Å². The van der Waals surface area contributed by atoms with E-state index in [4.69, 9.17) is 16.6 Å². The van der Waals surface area contributed by atoms with Crippen molar-refractivity contribution >= 4 is 29.7 Å². The van der Waals surface area contributed by atoms with Crippen molar-refractivity contribution in [1.29, 1.82) is 0 Å². The molecule has 10 N–H and O–H groups in total. The van der Waals surface area contributed by atoms with Gasteiger partial charge in [-0.05, 0) is 31.4 Å². The summed E-state index contributed by atoms with van der Waals surface area (Å²) in [5, 5.41) is 34.7. The molecule has 0 radical (unpaired) electrons. The Morgan fingerprint density at radius 1 is 0.829 bits per heavy atom. The molecule has 3 amide bonds. The maximum absolute atomic E-state index is 12.8. The third kappa shape index (κ3) is 10.9. The first kappa shape index (κ1) is 29.5. The molecule has 13 nitrogen and oxygen atoms in total. The third-order valence-electron chi connectivity index (χ3n) is 5.02. The van der Waals surface area contributed by atoms with Gasteiger partial charge in [0.25, 0.3) is 0 Å². The number of aliphatic hydroxyl groups excluding tert-OH is 1. The lowest BCUT2D eigenvalue weighted by Gasteiger charge is -2.24. The molecule has 0 bridgehead atoms. The average Bonchev–Trinajstić information content (AvgIpc) is 2.82. The van der Waals surface area contributed by atoms with Crippen molar-refractivity contribution in [2.75, 3.05) is 13.2 Å². The minimum atomic E-state index is -1.61. The average molecular weight is 496 g/mol. The summed E-state index contributed by atoms with van der Waals surface area (Å²) in [5.74, 6) is -5.44. The van der Waals surface area contributed by atoms with Gasteiger partial charge in [0.15, 0.2) is 0 Å². The predicted octanol–water partition coefficient (Wildman–Crippen LogP) is -2.31. The van der Waals surface area contributed by atoms with Gasteiger partial charge in [-0.3, -0.25) is 19.2 Å². The van der Waals surface area contributed by atoms with Crippen LogP contribution in [-0.4, -0.2) is 82.3 Å². The van der Waals surface area contributed by atoms with Crippen LogP contribution in [0.5, 0.6) is 0 Å². The fraction of sp³-hybridized carbons (Fsp3) is 0.500. The lowest BCUT2D eigenvalue weighted by molar-refractivity contribution is -0.143. The molecule has 4 atom stereocenters. The van der Waals surface area contributed by atoms with Crippen molar-refractivity contribution in [2.24, 2.45) is 11.5 Å². The SMILES string of the molecule is NCCCCC(NC(=O)C(N)CO)C(=O)NC(CC(=O)O)C(=O)NC(Cc1ccccc1)C(=O)O. The Balaban J connectivity index is 2.99. The Morgan fingerprint density at radius 2 is 1.40 bits per heavy atom. The predicted molar refractivity (Wildman–Crippen MR) is 124 cm³/mol. The first-order valence-corrected chi connectivity index (χ1v) is 11.0. The molecule has 13 heteroatoms. The minimum Gasteiger partial charge on any atom is -0.481 e. The lowest BCUT2D eigenvalue weighted by Crippen LogP contribution is -2.58. The molecule has 1 rings (SSSR count). The molecule has 0 spiro atoms. The molecule has 0 heterocycles. The number of carboxylic acid groups (broad SMARTS) is 2. The number of aliphatic carboxylic acids is 2. The number of nitrogens with two attached hydrogens (primary N) is 2. The van der Waals surface area contributed by atoms with Crippen molar-refractivity contribution in [3.63, 3.8) is 0 Å². The van der Waals surface area contributed by atoms with E-state index in [1.165, 1.54) is 0 Å². The standard InChI is InChI=1S/C22H33N5O8/c23-9-5-4-8-15(25-19(31)14(24)12-28)20(32)26-16(11-18(29)30)21(33)27-17(22(34)35)10-13-6-2-1-3-7-13/h1-3,6-7,14-17,28H,4-5,8-12,23-24H2,(H,25,31)(H,26,32)(H,27,33)(H,29,30)(H,34,35). The normalized spacial score (nSPS) is 14.1. The monoisotopic (exact) mass is 495 g/mol. The highest BCUT2D eigenvalue weighted by molar-refractivity contribution is 5.95. The van der Waals surface area contributed by atoms with E-state index in [0.29, 0.717) is 24.9 Å². The molecule has 0 aliphatic carbocycles. The van der Waals surface area contributed by atoms with Crippen molar-refractivity contribution in [1.82, 2.24) is 16.0 Å². The van der Waals surface area contributed by atoms with Gasteiger partial charge in [-0.25, -0.2) is 4.79 Å². The van der Waals surface area contributed by atoms with Gasteiger partial charge in [0.2, 0.25) is 17.7 Å². The third-order valence-corrected chi connectivity index (χ3v) is 5.02. The van der Waals surface area contributed by atoms with E-state index in [0.717, 1.165) is 0 Å². The van der Waals surface area contributed by atoms with Gasteiger partial charge in [-0.2, -0.15) is 0 Å². The van der Waals surface area contributed by atoms with Crippen molar-refractivity contribution < 1.29 is 39.3 Å². The second kappa shape index (κ2) is 15.4. The number of nitrogens with one attached hydrogen (secondary N) is 3. The number of carbonyl (C=O) groups excluding carboxylic acids is 3. The van der Waals surface area contributed by atoms with Crippen LogP contribution in [0.2, 0.25) is 0 Å². The summed E-state index contributed by atoms with van der Waals surface area (Å²) in [6.07, 6.45) is 0.184. The number of unbranched alkanes of at least 4 members (excludes halogenated alkanes) is 1. The molecule has 0 aliphatic rings. The topological polar surface area (TPSA) is 234 Å². The molecule has 0 saturated heterocycles. The Labute approximate surface area is 202 Å². The van der Waals surface area contributed by atoms with E-state index < -0.39 is 66.9 Å². The minimum absolute atomic E-state index is 0.0630. The van der Waals surface area contributed by atoms with Gasteiger partial charge < -0.3 is 42.7 Å². The first-order valence-electron chi connectivity index (χ1n) is 11.0. The summed E-state index contributed by atoms with van der Waals surface area (Å²) in [4.78, 5) is 60.7. The van der Waals surface area contributed by atoms with Crippen molar-refractivity contribution in [2.45, 2.75) is 56.3 Å². The Morgan fingerprint density at radius 3 is 1.94 bits per heavy atom. The zero-order chi connectivity index (χ0) is 26.4. The van der Waals surface area contributed by atoms with Crippen molar-refractivity contribution in [3.8, 4) is 0 Å². The highest BCUT2D eigenvalue weighted by Crippen LogP contribution is 2.06. The molecule has 1 aromatic carbocycles. The fourth-order valence-corrected chi connectivity index (χ4v) is 3.10. The number of carbonyl (C=O) groups is 5. The Bertz CT molecular complexity index is 867. The summed E-state index contributed by atoms with van der Waals surface area (Å²) >= 11 is 0. The number of rotatable bonds is 16. The highest BCUT2D eigenvalue weighted by atomic mass is 16.4. The van der Waals surface area contributed by atoms with Crippen LogP contribution in [0.15, 0.2) is 30.3 Å². The zero-order valence-electron chi connectivity index (χ0n) is 19.2. The highest BCUT2D eigenvalue weighted by Gasteiger charge is 2.31. The van der Waals surface area contributed by atoms with E-state index in [-0.39, 0.29) is 12.8 Å². The Hall–Kier alpha value is -3.55. The van der Waals surface area contributed by atoms with E-state index >= 15 is 0 Å². The molecule has 0 aliphatic heterocycles. The molecule has 0 fully saturated rings. The molecular formula is C22H33N5O8. The summed E-state index contributed by atoms with van der Waals surface area (Å²) < 4.78 is 0. The van der Waals surface area contributed by atoms with Crippen molar-refractivity contribution in [3.05, 3.63) is 35.9 Å². The van der Waals surface area contributed by atoms with Gasteiger partial charge in [0, 0.05) is 6.42 Å². The van der Waals surface area contributed by atoms with Crippen LogP contribution < -0.4 is 27.4 Å². The molecule has 0 aromatic heterocycles. The molecule has 4 unspecified atom stereocenters. The van der Waals surface area contributed by atoms with E-state index in [2.05, 4.69) is 16.0 Å². The van der Waals surface area contributed by atoms with Crippen LogP contribution in [0.25, 0.3) is 0 Å². The number of carboxylic acids is 2. The maximum atomic E-state index is 12.8. The number of hydrogen-bond donors (Lipinski definition) is 8. The molecule has 35 heavy (non-hydrogen) atoms. The van der Waals surface area contributed by atoms with Crippen LogP contribution >= 0.6 is 0 Å².